The molecule has 2 aromatic rings. The Bertz CT molecular complexity index is 501. The van der Waals surface area contributed by atoms with E-state index in [9.17, 15) is 0 Å². The van der Waals surface area contributed by atoms with E-state index >= 15 is 0 Å². The number of H-pyrrole nitrogens is 1. The van der Waals surface area contributed by atoms with E-state index in [1.54, 1.807) is 0 Å². The first-order valence-corrected chi connectivity index (χ1v) is 6.17. The zero-order chi connectivity index (χ0) is 11.7. The summed E-state index contributed by atoms with van der Waals surface area (Å²) in [4.78, 5) is 0. The average molecular weight is 227 g/mol. The van der Waals surface area contributed by atoms with Crippen molar-refractivity contribution < 1.29 is 0 Å². The Morgan fingerprint density at radius 1 is 1.35 bits per heavy atom. The van der Waals surface area contributed by atoms with Crippen LogP contribution in [0, 0.1) is 0 Å². The number of hydrogen-bond donors (Lipinski definition) is 2. The van der Waals surface area contributed by atoms with Crippen LogP contribution >= 0.6 is 0 Å². The molecular formula is C14H17N3. The Kier molecular flexibility index (Phi) is 2.69. The van der Waals surface area contributed by atoms with Crippen molar-refractivity contribution in [3.63, 3.8) is 0 Å². The maximum atomic E-state index is 4.49. The van der Waals surface area contributed by atoms with E-state index in [4.69, 9.17) is 0 Å². The van der Waals surface area contributed by atoms with Gasteiger partial charge in [-0.25, -0.2) is 0 Å². The molecule has 3 nitrogen and oxygen atoms in total. The van der Waals surface area contributed by atoms with Crippen LogP contribution in [0.25, 0.3) is 11.3 Å². The molecule has 0 radical (unpaired) electrons. The summed E-state index contributed by atoms with van der Waals surface area (Å²) >= 11 is 0. The first-order chi connectivity index (χ1) is 8.40. The topological polar surface area (TPSA) is 40.7 Å². The van der Waals surface area contributed by atoms with Crippen molar-refractivity contribution in [3.05, 3.63) is 41.6 Å². The third-order valence-corrected chi connectivity index (χ3v) is 3.53. The molecule has 1 aliphatic rings. The predicted octanol–water partition coefficient (Wildman–Crippen LogP) is 2.33. The van der Waals surface area contributed by atoms with Crippen LogP contribution in [0.3, 0.4) is 0 Å². The van der Waals surface area contributed by atoms with Gasteiger partial charge in [0.2, 0.25) is 0 Å². The summed E-state index contributed by atoms with van der Waals surface area (Å²) in [7, 11) is 2.01. The van der Waals surface area contributed by atoms with Crippen LogP contribution in [0.4, 0.5) is 0 Å². The monoisotopic (exact) mass is 227 g/mol. The van der Waals surface area contributed by atoms with E-state index < -0.39 is 0 Å². The van der Waals surface area contributed by atoms with Crippen molar-refractivity contribution in [2.75, 3.05) is 13.6 Å². The normalized spacial score (nSPS) is 18.3. The van der Waals surface area contributed by atoms with Crippen LogP contribution in [-0.2, 0) is 6.42 Å². The predicted molar refractivity (Wildman–Crippen MR) is 69.0 cm³/mol. The molecule has 0 saturated heterocycles. The number of aromatic nitrogens is 2. The van der Waals surface area contributed by atoms with E-state index in [1.807, 2.05) is 13.1 Å². The van der Waals surface area contributed by atoms with Gasteiger partial charge in [-0.3, -0.25) is 5.10 Å². The maximum absolute atomic E-state index is 4.49. The first kappa shape index (κ1) is 10.5. The van der Waals surface area contributed by atoms with E-state index in [1.165, 1.54) is 23.2 Å². The second kappa shape index (κ2) is 4.34. The van der Waals surface area contributed by atoms with E-state index in [0.717, 1.165) is 18.7 Å². The van der Waals surface area contributed by atoms with E-state index in [0.29, 0.717) is 5.92 Å². The molecule has 1 atom stereocenters. The Hall–Kier alpha value is -1.61. The number of aromatic amines is 1. The van der Waals surface area contributed by atoms with Crippen LogP contribution in [0.15, 0.2) is 30.3 Å². The zero-order valence-electron chi connectivity index (χ0n) is 10.0. The molecule has 17 heavy (non-hydrogen) atoms. The van der Waals surface area contributed by atoms with Crippen molar-refractivity contribution in [1.82, 2.24) is 15.5 Å². The van der Waals surface area contributed by atoms with E-state index in [2.05, 4.69) is 39.8 Å². The molecule has 1 heterocycles. The maximum Gasteiger partial charge on any atom is 0.0958 e. The van der Waals surface area contributed by atoms with Crippen molar-refractivity contribution >= 4 is 0 Å². The lowest BCUT2D eigenvalue weighted by Crippen LogP contribution is -2.15. The highest BCUT2D eigenvalue weighted by Crippen LogP contribution is 2.37. The Morgan fingerprint density at radius 3 is 2.94 bits per heavy atom. The molecule has 2 N–H and O–H groups in total. The Morgan fingerprint density at radius 2 is 2.18 bits per heavy atom. The molecule has 1 aromatic carbocycles. The van der Waals surface area contributed by atoms with Crippen LogP contribution in [0.2, 0.25) is 0 Å². The fourth-order valence-corrected chi connectivity index (χ4v) is 2.75. The standard InChI is InChI=1S/C14H17N3/c1-15-9-11-7-8-12-13(11)14(17-16-12)10-5-3-2-4-6-10/h2-6,11,15H,7-9H2,1H3,(H,16,17). The van der Waals surface area contributed by atoms with Gasteiger partial charge in [0, 0.05) is 29.3 Å². The number of nitrogens with one attached hydrogen (secondary N) is 2. The van der Waals surface area contributed by atoms with Crippen molar-refractivity contribution in [2.24, 2.45) is 0 Å². The molecule has 1 unspecified atom stereocenters. The minimum absolute atomic E-state index is 0.601. The molecule has 1 aliphatic carbocycles. The molecule has 0 aliphatic heterocycles. The number of nitrogens with zero attached hydrogens (tertiary/aromatic N) is 1. The van der Waals surface area contributed by atoms with Gasteiger partial charge >= 0.3 is 0 Å². The van der Waals surface area contributed by atoms with Gasteiger partial charge in [-0.2, -0.15) is 5.10 Å². The highest BCUT2D eigenvalue weighted by molar-refractivity contribution is 5.65. The number of rotatable bonds is 3. The highest BCUT2D eigenvalue weighted by atomic mass is 15.1. The van der Waals surface area contributed by atoms with Crippen LogP contribution < -0.4 is 5.32 Å². The second-order valence-electron chi connectivity index (χ2n) is 4.62. The summed E-state index contributed by atoms with van der Waals surface area (Å²) in [5, 5.41) is 11.0. The molecule has 0 fully saturated rings. The quantitative estimate of drug-likeness (QED) is 0.845. The minimum Gasteiger partial charge on any atom is -0.319 e. The number of hydrogen-bond acceptors (Lipinski definition) is 2. The smallest absolute Gasteiger partial charge is 0.0958 e. The lowest BCUT2D eigenvalue weighted by molar-refractivity contribution is 0.621. The number of aryl methyl sites for hydroxylation is 1. The summed E-state index contributed by atoms with van der Waals surface area (Å²) in [5.74, 6) is 0.601. The van der Waals surface area contributed by atoms with Crippen LogP contribution in [0.5, 0.6) is 0 Å². The minimum atomic E-state index is 0.601. The fourth-order valence-electron chi connectivity index (χ4n) is 2.75. The summed E-state index contributed by atoms with van der Waals surface area (Å²) in [6.45, 7) is 1.03. The molecule has 0 amide bonds. The molecule has 0 saturated carbocycles. The molecule has 3 heteroatoms. The molecule has 0 bridgehead atoms. The largest absolute Gasteiger partial charge is 0.319 e. The van der Waals surface area contributed by atoms with E-state index in [-0.39, 0.29) is 0 Å². The average Bonchev–Trinajstić information content (AvgIpc) is 2.94. The van der Waals surface area contributed by atoms with Crippen LogP contribution in [0.1, 0.15) is 23.6 Å². The Labute approximate surface area is 101 Å². The van der Waals surface area contributed by atoms with Gasteiger partial charge in [-0.15, -0.1) is 0 Å². The fraction of sp³-hybridized carbons (Fsp3) is 0.357. The van der Waals surface area contributed by atoms with Gasteiger partial charge in [0.1, 0.15) is 0 Å². The Balaban J connectivity index is 2.03. The zero-order valence-corrected chi connectivity index (χ0v) is 10.0. The number of benzene rings is 1. The SMILES string of the molecule is CNCC1CCc2[nH]nc(-c3ccccc3)c21. The van der Waals surface area contributed by atoms with Gasteiger partial charge in [0.05, 0.1) is 5.69 Å². The molecule has 1 aromatic heterocycles. The summed E-state index contributed by atoms with van der Waals surface area (Å²) in [6.07, 6.45) is 2.35. The van der Waals surface area contributed by atoms with Gasteiger partial charge in [-0.05, 0) is 19.9 Å². The molecule has 88 valence electrons. The molecule has 3 rings (SSSR count). The highest BCUT2D eigenvalue weighted by Gasteiger charge is 2.28. The van der Waals surface area contributed by atoms with Crippen molar-refractivity contribution in [3.8, 4) is 11.3 Å². The van der Waals surface area contributed by atoms with Gasteiger partial charge in [-0.1, -0.05) is 30.3 Å². The summed E-state index contributed by atoms with van der Waals surface area (Å²) in [5.41, 5.74) is 5.10. The lowest BCUT2D eigenvalue weighted by atomic mass is 9.98. The van der Waals surface area contributed by atoms with Crippen LogP contribution in [-0.4, -0.2) is 23.8 Å². The third kappa shape index (κ3) is 1.76. The number of fused-ring (bicyclic) bond motifs is 1. The van der Waals surface area contributed by atoms with Gasteiger partial charge in [0.25, 0.3) is 0 Å². The van der Waals surface area contributed by atoms with Crippen molar-refractivity contribution in [2.45, 2.75) is 18.8 Å². The summed E-state index contributed by atoms with van der Waals surface area (Å²) < 4.78 is 0. The molecule has 0 spiro atoms. The molecular weight excluding hydrogens is 210 g/mol. The second-order valence-corrected chi connectivity index (χ2v) is 4.62. The lowest BCUT2D eigenvalue weighted by Gasteiger charge is -2.10. The van der Waals surface area contributed by atoms with Gasteiger partial charge < -0.3 is 5.32 Å². The van der Waals surface area contributed by atoms with Crippen molar-refractivity contribution in [1.29, 1.82) is 0 Å². The third-order valence-electron chi connectivity index (χ3n) is 3.53. The summed E-state index contributed by atoms with van der Waals surface area (Å²) in [6, 6.07) is 10.4. The first-order valence-electron chi connectivity index (χ1n) is 6.17. The number of likely N-dealkylation sites (N-methyl/N-ethyl adjacent to an activating group) is 1. The van der Waals surface area contributed by atoms with Gasteiger partial charge in [0.15, 0.2) is 0 Å².